The van der Waals surface area contributed by atoms with Crippen LogP contribution in [-0.2, 0) is 4.75 Å². The van der Waals surface area contributed by atoms with Gasteiger partial charge in [-0.2, -0.15) is 0 Å². The van der Waals surface area contributed by atoms with Crippen molar-refractivity contribution in [3.05, 3.63) is 60.2 Å². The average Bonchev–Trinajstić information content (AvgIpc) is 2.89. The Balaban J connectivity index is 1.95. The van der Waals surface area contributed by atoms with Crippen molar-refractivity contribution in [2.45, 2.75) is 16.7 Å². The lowest BCUT2D eigenvalue weighted by molar-refractivity contribution is 0.257. The van der Waals surface area contributed by atoms with Gasteiger partial charge in [-0.3, -0.25) is 0 Å². The third kappa shape index (κ3) is 2.77. The lowest BCUT2D eigenvalue weighted by Gasteiger charge is -2.26. The van der Waals surface area contributed by atoms with Crippen LogP contribution >= 0.6 is 11.8 Å². The molecule has 1 aromatic heterocycles. The fourth-order valence-corrected chi connectivity index (χ4v) is 3.52. The largest absolute Gasteiger partial charge is 0.508 e. The molecule has 3 nitrogen and oxygen atoms in total. The van der Waals surface area contributed by atoms with Gasteiger partial charge in [0.25, 0.3) is 0 Å². The van der Waals surface area contributed by atoms with Crippen LogP contribution in [0.25, 0.3) is 10.9 Å². The highest BCUT2D eigenvalue weighted by atomic mass is 32.2. The third-order valence-corrected chi connectivity index (χ3v) is 4.86. The van der Waals surface area contributed by atoms with Crippen molar-refractivity contribution >= 4 is 22.7 Å². The van der Waals surface area contributed by atoms with Crippen molar-refractivity contribution in [2.24, 2.45) is 0 Å². The van der Waals surface area contributed by atoms with Crippen LogP contribution < -0.4 is 0 Å². The zero-order chi connectivity index (χ0) is 14.9. The van der Waals surface area contributed by atoms with E-state index in [2.05, 4.69) is 4.98 Å². The minimum atomic E-state index is -0.413. The molecule has 0 saturated carbocycles. The van der Waals surface area contributed by atoms with Gasteiger partial charge in [0.1, 0.15) is 5.75 Å². The van der Waals surface area contributed by atoms with Crippen molar-refractivity contribution in [1.29, 1.82) is 0 Å². The van der Waals surface area contributed by atoms with Crippen LogP contribution in [0.15, 0.2) is 59.6 Å². The highest BCUT2D eigenvalue weighted by Gasteiger charge is 2.27. The summed E-state index contributed by atoms with van der Waals surface area (Å²) in [5.74, 6) is 0.256. The van der Waals surface area contributed by atoms with E-state index in [0.29, 0.717) is 0 Å². The number of aliphatic hydroxyl groups is 1. The highest BCUT2D eigenvalue weighted by molar-refractivity contribution is 8.00. The monoisotopic (exact) mass is 299 g/mol. The van der Waals surface area contributed by atoms with Gasteiger partial charge >= 0.3 is 0 Å². The minimum Gasteiger partial charge on any atom is -0.508 e. The molecular weight excluding hydrogens is 282 g/mol. The molecule has 0 spiro atoms. The summed E-state index contributed by atoms with van der Waals surface area (Å²) >= 11 is 1.59. The summed E-state index contributed by atoms with van der Waals surface area (Å²) in [6.07, 6.45) is 0. The van der Waals surface area contributed by atoms with Crippen LogP contribution in [0.4, 0.5) is 0 Å². The molecule has 4 heteroatoms. The maximum atomic E-state index is 9.84. The summed E-state index contributed by atoms with van der Waals surface area (Å²) in [5.41, 5.74) is 2.06. The number of fused-ring (bicyclic) bond motifs is 1. The SMILES string of the molecule is CC(CO)(Sc1cc2cc(O)ccc2[nH]1)c1ccccc1. The second kappa shape index (κ2) is 5.47. The fourth-order valence-electron chi connectivity index (χ4n) is 2.36. The van der Waals surface area contributed by atoms with Gasteiger partial charge in [0, 0.05) is 10.9 Å². The fraction of sp³-hybridized carbons (Fsp3) is 0.176. The standard InChI is InChI=1S/C17H17NO2S/c1-17(11-19,13-5-3-2-4-6-13)21-16-10-12-9-14(20)7-8-15(12)18-16/h2-10,18-20H,11H2,1H3. The third-order valence-electron chi connectivity index (χ3n) is 3.60. The molecule has 0 fully saturated rings. The van der Waals surface area contributed by atoms with E-state index < -0.39 is 4.75 Å². The van der Waals surface area contributed by atoms with Crippen molar-refractivity contribution in [3.63, 3.8) is 0 Å². The molecule has 21 heavy (non-hydrogen) atoms. The lowest BCUT2D eigenvalue weighted by atomic mass is 10.0. The number of benzene rings is 2. The van der Waals surface area contributed by atoms with E-state index in [1.165, 1.54) is 0 Å². The number of rotatable bonds is 4. The van der Waals surface area contributed by atoms with E-state index in [-0.39, 0.29) is 12.4 Å². The molecule has 2 aromatic carbocycles. The average molecular weight is 299 g/mol. The Morgan fingerprint density at radius 2 is 1.86 bits per heavy atom. The van der Waals surface area contributed by atoms with Gasteiger partial charge in [-0.15, -0.1) is 0 Å². The Hall–Kier alpha value is -1.91. The Morgan fingerprint density at radius 3 is 2.57 bits per heavy atom. The molecule has 0 aliphatic carbocycles. The van der Waals surface area contributed by atoms with Crippen LogP contribution in [0.5, 0.6) is 5.75 Å². The van der Waals surface area contributed by atoms with Gasteiger partial charge in [-0.25, -0.2) is 0 Å². The second-order valence-electron chi connectivity index (χ2n) is 5.26. The minimum absolute atomic E-state index is 0.0439. The molecule has 1 atom stereocenters. The van der Waals surface area contributed by atoms with E-state index in [1.54, 1.807) is 23.9 Å². The maximum absolute atomic E-state index is 9.84. The lowest BCUT2D eigenvalue weighted by Crippen LogP contribution is -2.22. The zero-order valence-corrected chi connectivity index (χ0v) is 12.5. The van der Waals surface area contributed by atoms with Crippen LogP contribution in [-0.4, -0.2) is 21.8 Å². The molecule has 0 amide bonds. The summed E-state index contributed by atoms with van der Waals surface area (Å²) in [7, 11) is 0. The summed E-state index contributed by atoms with van der Waals surface area (Å²) in [6, 6.07) is 17.2. The molecule has 0 aliphatic rings. The number of hydrogen-bond donors (Lipinski definition) is 3. The van der Waals surface area contributed by atoms with Crippen LogP contribution in [0.3, 0.4) is 0 Å². The van der Waals surface area contributed by atoms with E-state index in [4.69, 9.17) is 0 Å². The number of hydrogen-bond acceptors (Lipinski definition) is 3. The second-order valence-corrected chi connectivity index (χ2v) is 6.81. The first kappa shape index (κ1) is 14.0. The predicted octanol–water partition coefficient (Wildman–Crippen LogP) is 3.87. The van der Waals surface area contributed by atoms with E-state index in [1.807, 2.05) is 49.4 Å². The quantitative estimate of drug-likeness (QED) is 0.641. The molecule has 3 N–H and O–H groups in total. The van der Waals surface area contributed by atoms with Crippen molar-refractivity contribution in [2.75, 3.05) is 6.61 Å². The van der Waals surface area contributed by atoms with Crippen molar-refractivity contribution in [1.82, 2.24) is 4.98 Å². The Kier molecular flexibility index (Phi) is 3.66. The van der Waals surface area contributed by atoms with E-state index in [0.717, 1.165) is 21.5 Å². The normalized spacial score (nSPS) is 14.2. The molecule has 1 heterocycles. The summed E-state index contributed by atoms with van der Waals surface area (Å²) in [4.78, 5) is 3.32. The number of aliphatic hydroxyl groups excluding tert-OH is 1. The van der Waals surface area contributed by atoms with Gasteiger partial charge < -0.3 is 15.2 Å². The van der Waals surface area contributed by atoms with E-state index in [9.17, 15) is 10.2 Å². The molecule has 3 rings (SSSR count). The van der Waals surface area contributed by atoms with E-state index >= 15 is 0 Å². The van der Waals surface area contributed by atoms with Crippen LogP contribution in [0.1, 0.15) is 12.5 Å². The predicted molar refractivity (Wildman–Crippen MR) is 86.7 cm³/mol. The number of phenols is 1. The van der Waals surface area contributed by atoms with Crippen LogP contribution in [0.2, 0.25) is 0 Å². The van der Waals surface area contributed by atoms with Gasteiger partial charge in [0.2, 0.25) is 0 Å². The number of phenolic OH excluding ortho intramolecular Hbond substituents is 1. The highest BCUT2D eigenvalue weighted by Crippen LogP contribution is 2.41. The number of thioether (sulfide) groups is 1. The zero-order valence-electron chi connectivity index (χ0n) is 11.7. The van der Waals surface area contributed by atoms with Crippen molar-refractivity contribution < 1.29 is 10.2 Å². The molecule has 1 unspecified atom stereocenters. The van der Waals surface area contributed by atoms with Gasteiger partial charge in [0.15, 0.2) is 0 Å². The Labute approximate surface area is 127 Å². The molecule has 0 bridgehead atoms. The molecule has 0 radical (unpaired) electrons. The molecule has 108 valence electrons. The number of aromatic hydroxyl groups is 1. The number of nitrogens with one attached hydrogen (secondary N) is 1. The molecule has 0 saturated heterocycles. The number of H-pyrrole nitrogens is 1. The number of aromatic nitrogens is 1. The van der Waals surface area contributed by atoms with Gasteiger partial charge in [-0.1, -0.05) is 42.1 Å². The first-order valence-corrected chi connectivity index (χ1v) is 7.59. The molecule has 3 aromatic rings. The van der Waals surface area contributed by atoms with Crippen LogP contribution in [0, 0.1) is 0 Å². The number of aromatic amines is 1. The summed E-state index contributed by atoms with van der Waals surface area (Å²) in [6.45, 7) is 2.07. The molecular formula is C17H17NO2S. The Morgan fingerprint density at radius 1 is 1.10 bits per heavy atom. The topological polar surface area (TPSA) is 56.2 Å². The van der Waals surface area contributed by atoms with Gasteiger partial charge in [-0.05, 0) is 36.8 Å². The first-order chi connectivity index (χ1) is 10.1. The van der Waals surface area contributed by atoms with Gasteiger partial charge in [0.05, 0.1) is 16.4 Å². The smallest absolute Gasteiger partial charge is 0.116 e. The Bertz CT molecular complexity index is 754. The van der Waals surface area contributed by atoms with Crippen molar-refractivity contribution in [3.8, 4) is 5.75 Å². The summed E-state index contributed by atoms with van der Waals surface area (Å²) < 4.78 is -0.413. The molecule has 0 aliphatic heterocycles. The summed E-state index contributed by atoms with van der Waals surface area (Å²) in [5, 5.41) is 21.3. The maximum Gasteiger partial charge on any atom is 0.116 e. The first-order valence-electron chi connectivity index (χ1n) is 6.78.